The molecule has 3 nitrogen and oxygen atoms in total. The van der Waals surface area contributed by atoms with Crippen LogP contribution in [0.4, 0.5) is 0 Å². The van der Waals surface area contributed by atoms with E-state index in [1.165, 1.54) is 25.9 Å². The smallest absolute Gasteiger partial charge is 0.220 e. The van der Waals surface area contributed by atoms with E-state index in [0.717, 1.165) is 58.0 Å². The average Bonchev–Trinajstić information content (AvgIpc) is 3.29. The summed E-state index contributed by atoms with van der Waals surface area (Å²) in [6, 6.07) is 0. The van der Waals surface area contributed by atoms with Gasteiger partial charge in [0.1, 0.15) is 0 Å². The third-order valence-electron chi connectivity index (χ3n) is 5.08. The zero-order valence-corrected chi connectivity index (χ0v) is 19.7. The number of hydrogen-bond donors (Lipinski definition) is 1. The van der Waals surface area contributed by atoms with Crippen molar-refractivity contribution in [3.63, 3.8) is 0 Å². The molecule has 0 spiro atoms. The summed E-state index contributed by atoms with van der Waals surface area (Å²) in [5, 5.41) is 3.02. The fraction of sp³-hybridized carbons (Fsp3) is 0.536. The molecule has 3 heteroatoms. The molecule has 0 aliphatic carbocycles. The van der Waals surface area contributed by atoms with Crippen LogP contribution < -0.4 is 5.32 Å². The highest BCUT2D eigenvalue weighted by molar-refractivity contribution is 5.75. The van der Waals surface area contributed by atoms with E-state index in [0.29, 0.717) is 6.42 Å². The first-order valence-electron chi connectivity index (χ1n) is 12.2. The second kappa shape index (κ2) is 21.1. The first-order chi connectivity index (χ1) is 15.3. The van der Waals surface area contributed by atoms with Crippen molar-refractivity contribution in [1.82, 2.24) is 10.2 Å². The molecule has 0 radical (unpaired) electrons. The Balaban J connectivity index is 1.91. The molecule has 1 fully saturated rings. The van der Waals surface area contributed by atoms with Crippen molar-refractivity contribution in [3.8, 4) is 0 Å². The van der Waals surface area contributed by atoms with Gasteiger partial charge in [-0.1, -0.05) is 79.8 Å². The Kier molecular flexibility index (Phi) is 18.3. The highest BCUT2D eigenvalue weighted by Gasteiger charge is 2.10. The second-order valence-electron chi connectivity index (χ2n) is 7.85. The Morgan fingerprint density at radius 2 is 1.16 bits per heavy atom. The third kappa shape index (κ3) is 18.4. The average molecular weight is 425 g/mol. The van der Waals surface area contributed by atoms with Crippen molar-refractivity contribution >= 4 is 5.91 Å². The highest BCUT2D eigenvalue weighted by Crippen LogP contribution is 2.05. The van der Waals surface area contributed by atoms with Gasteiger partial charge >= 0.3 is 0 Å². The largest absolute Gasteiger partial charge is 0.355 e. The van der Waals surface area contributed by atoms with E-state index in [4.69, 9.17) is 0 Å². The number of nitrogens with one attached hydrogen (secondary N) is 1. The Morgan fingerprint density at radius 1 is 0.710 bits per heavy atom. The van der Waals surface area contributed by atoms with Crippen LogP contribution in [0.1, 0.15) is 71.1 Å². The van der Waals surface area contributed by atoms with Crippen LogP contribution in [0.2, 0.25) is 0 Å². The molecular formula is C28H44N2O. The highest BCUT2D eigenvalue weighted by atomic mass is 16.1. The maximum absolute atomic E-state index is 11.8. The summed E-state index contributed by atoms with van der Waals surface area (Å²) in [5.41, 5.74) is 0. The molecule has 1 amide bonds. The number of allylic oxidation sites excluding steroid dienone is 12. The maximum Gasteiger partial charge on any atom is 0.220 e. The number of carbonyl (C=O) groups is 1. The molecule has 0 aromatic rings. The summed E-state index contributed by atoms with van der Waals surface area (Å²) < 4.78 is 0. The lowest BCUT2D eigenvalue weighted by Gasteiger charge is -2.14. The van der Waals surface area contributed by atoms with Crippen LogP contribution in [0.3, 0.4) is 0 Å². The van der Waals surface area contributed by atoms with E-state index >= 15 is 0 Å². The van der Waals surface area contributed by atoms with Crippen LogP contribution >= 0.6 is 0 Å². The molecule has 1 N–H and O–H groups in total. The van der Waals surface area contributed by atoms with Gasteiger partial charge in [-0.15, -0.1) is 0 Å². The Bertz CT molecular complexity index is 605. The number of hydrogen-bond acceptors (Lipinski definition) is 2. The molecule has 1 saturated heterocycles. The molecular weight excluding hydrogens is 380 g/mol. The number of nitrogens with zero attached hydrogens (tertiary/aromatic N) is 1. The van der Waals surface area contributed by atoms with Crippen molar-refractivity contribution in [2.24, 2.45) is 0 Å². The predicted molar refractivity (Wildman–Crippen MR) is 136 cm³/mol. The fourth-order valence-electron chi connectivity index (χ4n) is 3.30. The summed E-state index contributed by atoms with van der Waals surface area (Å²) >= 11 is 0. The Labute approximate surface area is 191 Å². The molecule has 172 valence electrons. The first kappa shape index (κ1) is 26.9. The lowest BCUT2D eigenvalue weighted by molar-refractivity contribution is -0.121. The molecule has 0 unspecified atom stereocenters. The molecule has 0 atom stereocenters. The van der Waals surface area contributed by atoms with Gasteiger partial charge in [0.15, 0.2) is 0 Å². The van der Waals surface area contributed by atoms with Gasteiger partial charge in [0.2, 0.25) is 5.91 Å². The molecule has 0 aromatic heterocycles. The summed E-state index contributed by atoms with van der Waals surface area (Å²) in [4.78, 5) is 14.2. The van der Waals surface area contributed by atoms with Crippen LogP contribution in [0.5, 0.6) is 0 Å². The summed E-state index contributed by atoms with van der Waals surface area (Å²) in [6.45, 7) is 6.31. The zero-order valence-electron chi connectivity index (χ0n) is 19.7. The normalized spacial score (nSPS) is 15.9. The number of likely N-dealkylation sites (tertiary alicyclic amines) is 1. The van der Waals surface area contributed by atoms with Crippen molar-refractivity contribution in [2.45, 2.75) is 71.1 Å². The van der Waals surface area contributed by atoms with E-state index < -0.39 is 0 Å². The van der Waals surface area contributed by atoms with E-state index in [1.807, 2.05) is 0 Å². The van der Waals surface area contributed by atoms with Crippen LogP contribution in [-0.4, -0.2) is 37.0 Å². The van der Waals surface area contributed by atoms with Gasteiger partial charge in [0.25, 0.3) is 0 Å². The Hall–Kier alpha value is -2.13. The van der Waals surface area contributed by atoms with Crippen molar-refractivity contribution in [2.75, 3.05) is 26.2 Å². The molecule has 0 aromatic carbocycles. The van der Waals surface area contributed by atoms with Crippen molar-refractivity contribution in [1.29, 1.82) is 0 Å². The van der Waals surface area contributed by atoms with E-state index in [-0.39, 0.29) is 5.91 Å². The van der Waals surface area contributed by atoms with Gasteiger partial charge in [-0.25, -0.2) is 0 Å². The Morgan fingerprint density at radius 3 is 1.65 bits per heavy atom. The summed E-state index contributed by atoms with van der Waals surface area (Å²) in [5.74, 6) is 0.165. The predicted octanol–water partition coefficient (Wildman–Crippen LogP) is 6.68. The minimum Gasteiger partial charge on any atom is -0.355 e. The van der Waals surface area contributed by atoms with E-state index in [9.17, 15) is 4.79 Å². The minimum atomic E-state index is 0.165. The second-order valence-corrected chi connectivity index (χ2v) is 7.85. The summed E-state index contributed by atoms with van der Waals surface area (Å²) in [7, 11) is 0. The molecule has 0 bridgehead atoms. The van der Waals surface area contributed by atoms with Crippen LogP contribution in [0.25, 0.3) is 0 Å². The first-order valence-corrected chi connectivity index (χ1v) is 12.2. The molecule has 1 aliphatic rings. The van der Waals surface area contributed by atoms with E-state index in [1.54, 1.807) is 0 Å². The van der Waals surface area contributed by atoms with Crippen LogP contribution in [-0.2, 0) is 4.79 Å². The van der Waals surface area contributed by atoms with Gasteiger partial charge in [0.05, 0.1) is 0 Å². The topological polar surface area (TPSA) is 32.3 Å². The standard InChI is InChI=1S/C28H44N2O/c1-2-3-4-5-6-7-8-9-10-11-12-13-14-15-16-17-18-19-20-23-28(31)29-24-27-30-25-21-22-26-30/h3-4,6-7,9-10,12-13,15-16,18-19H,2,5,8,11,14,17,20-27H2,1H3,(H,29,31)/b4-3-,7-6-,10-9-,13-12-,16-15-,19-18-. The van der Waals surface area contributed by atoms with Gasteiger partial charge < -0.3 is 10.2 Å². The van der Waals surface area contributed by atoms with Gasteiger partial charge in [-0.3, -0.25) is 4.79 Å². The van der Waals surface area contributed by atoms with Gasteiger partial charge in [-0.2, -0.15) is 0 Å². The molecule has 31 heavy (non-hydrogen) atoms. The van der Waals surface area contributed by atoms with Crippen LogP contribution in [0, 0.1) is 0 Å². The number of carbonyl (C=O) groups excluding carboxylic acids is 1. The summed E-state index contributed by atoms with van der Waals surface area (Å²) in [6.07, 6.45) is 36.4. The number of rotatable bonds is 17. The maximum atomic E-state index is 11.8. The van der Waals surface area contributed by atoms with Gasteiger partial charge in [-0.05, 0) is 70.9 Å². The van der Waals surface area contributed by atoms with Crippen LogP contribution in [0.15, 0.2) is 72.9 Å². The molecule has 0 saturated carbocycles. The molecule has 1 heterocycles. The quantitative estimate of drug-likeness (QED) is 0.264. The zero-order chi connectivity index (χ0) is 22.2. The lowest BCUT2D eigenvalue weighted by atomic mass is 10.2. The fourth-order valence-corrected chi connectivity index (χ4v) is 3.30. The third-order valence-corrected chi connectivity index (χ3v) is 5.08. The lowest BCUT2D eigenvalue weighted by Crippen LogP contribution is -2.33. The SMILES string of the molecule is CC/C=C\C/C=C\C/C=C\C/C=C\C/C=C\C/C=C\CCC(=O)NCCN1CCCC1. The molecule has 1 rings (SSSR count). The number of amides is 1. The van der Waals surface area contributed by atoms with E-state index in [2.05, 4.69) is 90.1 Å². The van der Waals surface area contributed by atoms with Gasteiger partial charge in [0, 0.05) is 19.5 Å². The monoisotopic (exact) mass is 424 g/mol. The van der Waals surface area contributed by atoms with Crippen molar-refractivity contribution in [3.05, 3.63) is 72.9 Å². The molecule has 1 aliphatic heterocycles. The van der Waals surface area contributed by atoms with Crippen molar-refractivity contribution < 1.29 is 4.79 Å². The minimum absolute atomic E-state index is 0.165.